The highest BCUT2D eigenvalue weighted by Gasteiger charge is 2.30. The summed E-state index contributed by atoms with van der Waals surface area (Å²) in [5, 5.41) is 0. The minimum Gasteiger partial charge on any atom is -0.458 e. The number of nitrogens with zero attached hydrogens (tertiary/aromatic N) is 1. The molecule has 2 heterocycles. The first-order chi connectivity index (χ1) is 12.3. The standard InChI is InChI=1S/C18H16F3NO4/c19-18(20,21)13-4-1-3-12(11-13)14-6-7-15(26-14)17(24)25-10-9-22-8-2-5-16(22)23/h1,3-4,6-7,11H,2,5,8-10H2. The summed E-state index contributed by atoms with van der Waals surface area (Å²) in [6.45, 7) is 0.993. The number of carbonyl (C=O) groups is 2. The molecule has 0 aliphatic carbocycles. The van der Waals surface area contributed by atoms with E-state index >= 15 is 0 Å². The zero-order chi connectivity index (χ0) is 18.7. The van der Waals surface area contributed by atoms with E-state index in [1.54, 1.807) is 4.90 Å². The molecule has 1 fully saturated rings. The van der Waals surface area contributed by atoms with Crippen molar-refractivity contribution >= 4 is 11.9 Å². The van der Waals surface area contributed by atoms with Gasteiger partial charge in [-0.15, -0.1) is 0 Å². The molecule has 3 rings (SSSR count). The third kappa shape index (κ3) is 4.07. The highest BCUT2D eigenvalue weighted by Crippen LogP contribution is 2.32. The first kappa shape index (κ1) is 18.0. The van der Waals surface area contributed by atoms with Gasteiger partial charge in [0.2, 0.25) is 11.7 Å². The second-order valence-corrected chi connectivity index (χ2v) is 5.86. The van der Waals surface area contributed by atoms with Crippen molar-refractivity contribution in [2.45, 2.75) is 19.0 Å². The zero-order valence-electron chi connectivity index (χ0n) is 13.7. The van der Waals surface area contributed by atoms with Crippen molar-refractivity contribution in [3.05, 3.63) is 47.7 Å². The smallest absolute Gasteiger partial charge is 0.416 e. The van der Waals surface area contributed by atoms with Crippen LogP contribution in [0.3, 0.4) is 0 Å². The number of likely N-dealkylation sites (tertiary alicyclic amines) is 1. The number of rotatable bonds is 5. The van der Waals surface area contributed by atoms with E-state index in [-0.39, 0.29) is 29.6 Å². The molecule has 138 valence electrons. The van der Waals surface area contributed by atoms with Gasteiger partial charge in [-0.25, -0.2) is 4.79 Å². The van der Waals surface area contributed by atoms with E-state index in [1.165, 1.54) is 24.3 Å². The van der Waals surface area contributed by atoms with E-state index in [9.17, 15) is 22.8 Å². The molecule has 5 nitrogen and oxygen atoms in total. The molecule has 1 aliphatic rings. The summed E-state index contributed by atoms with van der Waals surface area (Å²) < 4.78 is 48.7. The molecule has 0 saturated carbocycles. The maximum atomic E-state index is 12.8. The maximum absolute atomic E-state index is 12.8. The normalized spacial score (nSPS) is 14.7. The van der Waals surface area contributed by atoms with Crippen molar-refractivity contribution in [2.24, 2.45) is 0 Å². The lowest BCUT2D eigenvalue weighted by Crippen LogP contribution is -2.29. The third-order valence-corrected chi connectivity index (χ3v) is 4.05. The van der Waals surface area contributed by atoms with Crippen LogP contribution in [-0.4, -0.2) is 36.5 Å². The Hall–Kier alpha value is -2.77. The largest absolute Gasteiger partial charge is 0.458 e. The Balaban J connectivity index is 1.62. The van der Waals surface area contributed by atoms with E-state index in [1.807, 2.05) is 0 Å². The van der Waals surface area contributed by atoms with E-state index < -0.39 is 17.7 Å². The summed E-state index contributed by atoms with van der Waals surface area (Å²) in [6.07, 6.45) is -3.16. The Morgan fingerprint density at radius 3 is 2.73 bits per heavy atom. The van der Waals surface area contributed by atoms with Crippen LogP contribution >= 0.6 is 0 Å². The Bertz CT molecular complexity index is 813. The van der Waals surface area contributed by atoms with Gasteiger partial charge in [0.1, 0.15) is 12.4 Å². The van der Waals surface area contributed by atoms with Crippen LogP contribution in [-0.2, 0) is 15.7 Å². The maximum Gasteiger partial charge on any atom is 0.416 e. The molecule has 1 aliphatic heterocycles. The molecular formula is C18H16F3NO4. The number of furan rings is 1. The average molecular weight is 367 g/mol. The van der Waals surface area contributed by atoms with Gasteiger partial charge in [-0.3, -0.25) is 4.79 Å². The predicted molar refractivity (Wildman–Crippen MR) is 85.2 cm³/mol. The molecule has 0 N–H and O–H groups in total. The first-order valence-corrected chi connectivity index (χ1v) is 8.07. The van der Waals surface area contributed by atoms with Gasteiger partial charge in [-0.05, 0) is 30.7 Å². The lowest BCUT2D eigenvalue weighted by atomic mass is 10.1. The molecule has 2 aromatic rings. The number of halogens is 3. The molecule has 0 bridgehead atoms. The first-order valence-electron chi connectivity index (χ1n) is 8.07. The molecule has 0 unspecified atom stereocenters. The molecule has 1 saturated heterocycles. The van der Waals surface area contributed by atoms with Crippen LogP contribution in [0.15, 0.2) is 40.8 Å². The third-order valence-electron chi connectivity index (χ3n) is 4.05. The summed E-state index contributed by atoms with van der Waals surface area (Å²) in [6, 6.07) is 7.40. The summed E-state index contributed by atoms with van der Waals surface area (Å²) in [5.41, 5.74) is -0.590. The van der Waals surface area contributed by atoms with Crippen LogP contribution in [0.5, 0.6) is 0 Å². The molecular weight excluding hydrogens is 351 g/mol. The van der Waals surface area contributed by atoms with Gasteiger partial charge >= 0.3 is 12.1 Å². The van der Waals surface area contributed by atoms with Crippen LogP contribution in [0.1, 0.15) is 29.0 Å². The van der Waals surface area contributed by atoms with E-state index in [0.717, 1.165) is 18.6 Å². The number of alkyl halides is 3. The molecule has 8 heteroatoms. The van der Waals surface area contributed by atoms with Crippen LogP contribution < -0.4 is 0 Å². The lowest BCUT2D eigenvalue weighted by Gasteiger charge is -2.14. The van der Waals surface area contributed by atoms with Crippen LogP contribution in [0.2, 0.25) is 0 Å². The molecule has 0 radical (unpaired) electrons. The molecule has 26 heavy (non-hydrogen) atoms. The molecule has 1 amide bonds. The van der Waals surface area contributed by atoms with Gasteiger partial charge in [0, 0.05) is 18.5 Å². The van der Waals surface area contributed by atoms with E-state index in [0.29, 0.717) is 19.5 Å². The molecule has 1 aromatic carbocycles. The number of ether oxygens (including phenoxy) is 1. The average Bonchev–Trinajstić information content (AvgIpc) is 3.24. The van der Waals surface area contributed by atoms with E-state index in [2.05, 4.69) is 0 Å². The van der Waals surface area contributed by atoms with Gasteiger partial charge < -0.3 is 14.1 Å². The summed E-state index contributed by atoms with van der Waals surface area (Å²) in [5.74, 6) is -0.663. The fourth-order valence-corrected chi connectivity index (χ4v) is 2.71. The minimum atomic E-state index is -4.46. The fourth-order valence-electron chi connectivity index (χ4n) is 2.71. The summed E-state index contributed by atoms with van der Waals surface area (Å²) >= 11 is 0. The van der Waals surface area contributed by atoms with Crippen molar-refractivity contribution < 1.29 is 31.9 Å². The Labute approximate surface area is 147 Å². The SMILES string of the molecule is O=C(OCCN1CCCC1=O)c1ccc(-c2cccc(C(F)(F)F)c2)o1. The number of hydrogen-bond acceptors (Lipinski definition) is 4. The van der Waals surface area contributed by atoms with Crippen molar-refractivity contribution in [3.8, 4) is 11.3 Å². The Kier molecular flexibility index (Phi) is 5.01. The van der Waals surface area contributed by atoms with Gasteiger partial charge in [0.15, 0.2) is 0 Å². The Morgan fingerprint density at radius 2 is 2.04 bits per heavy atom. The number of hydrogen-bond donors (Lipinski definition) is 0. The molecule has 0 atom stereocenters. The summed E-state index contributed by atoms with van der Waals surface area (Å²) in [7, 11) is 0. The van der Waals surface area contributed by atoms with Gasteiger partial charge in [-0.1, -0.05) is 12.1 Å². The molecule has 1 aromatic heterocycles. The highest BCUT2D eigenvalue weighted by atomic mass is 19.4. The quantitative estimate of drug-likeness (QED) is 0.756. The zero-order valence-corrected chi connectivity index (χ0v) is 13.7. The number of amides is 1. The molecule has 0 spiro atoms. The number of esters is 1. The second-order valence-electron chi connectivity index (χ2n) is 5.86. The van der Waals surface area contributed by atoms with Gasteiger partial charge in [0.05, 0.1) is 12.1 Å². The van der Waals surface area contributed by atoms with Gasteiger partial charge in [-0.2, -0.15) is 13.2 Å². The fraction of sp³-hybridized carbons (Fsp3) is 0.333. The van der Waals surface area contributed by atoms with Crippen LogP contribution in [0.25, 0.3) is 11.3 Å². The number of carbonyl (C=O) groups excluding carboxylic acids is 2. The lowest BCUT2D eigenvalue weighted by molar-refractivity contribution is -0.137. The van der Waals surface area contributed by atoms with Gasteiger partial charge in [0.25, 0.3) is 0 Å². The topological polar surface area (TPSA) is 59.8 Å². The monoisotopic (exact) mass is 367 g/mol. The van der Waals surface area contributed by atoms with Crippen molar-refractivity contribution in [2.75, 3.05) is 19.7 Å². The predicted octanol–water partition coefficient (Wildman–Crippen LogP) is 3.74. The van der Waals surface area contributed by atoms with Crippen molar-refractivity contribution in [1.82, 2.24) is 4.90 Å². The second kappa shape index (κ2) is 7.23. The highest BCUT2D eigenvalue weighted by molar-refractivity contribution is 5.87. The van der Waals surface area contributed by atoms with Crippen molar-refractivity contribution in [1.29, 1.82) is 0 Å². The number of benzene rings is 1. The van der Waals surface area contributed by atoms with Crippen molar-refractivity contribution in [3.63, 3.8) is 0 Å². The Morgan fingerprint density at radius 1 is 1.23 bits per heavy atom. The minimum absolute atomic E-state index is 0.0319. The van der Waals surface area contributed by atoms with E-state index in [4.69, 9.17) is 9.15 Å². The van der Waals surface area contributed by atoms with Crippen LogP contribution in [0, 0.1) is 0 Å². The van der Waals surface area contributed by atoms with Crippen LogP contribution in [0.4, 0.5) is 13.2 Å². The summed E-state index contributed by atoms with van der Waals surface area (Å²) in [4.78, 5) is 25.1.